The highest BCUT2D eigenvalue weighted by atomic mass is 16.3. The molecule has 2 heterocycles. The first kappa shape index (κ1) is 11.2. The molecule has 0 aliphatic carbocycles. The van der Waals surface area contributed by atoms with Gasteiger partial charge in [-0.15, -0.1) is 0 Å². The number of phenolic OH excluding ortho intramolecular Hbond substituents is 1. The Morgan fingerprint density at radius 3 is 2.89 bits per heavy atom. The van der Waals surface area contributed by atoms with Gasteiger partial charge in [-0.3, -0.25) is 9.20 Å². The summed E-state index contributed by atoms with van der Waals surface area (Å²) in [5, 5.41) is 9.51. The molecule has 19 heavy (non-hydrogen) atoms. The average Bonchev–Trinajstić information content (AvgIpc) is 2.78. The van der Waals surface area contributed by atoms with E-state index in [4.69, 9.17) is 5.73 Å². The summed E-state index contributed by atoms with van der Waals surface area (Å²) < 4.78 is 1.53. The molecule has 0 unspecified atom stereocenters. The number of primary amides is 1. The maximum atomic E-state index is 11.6. The zero-order valence-electron chi connectivity index (χ0n) is 9.82. The SMILES string of the molecule is NC(=O)c1c(-c2cccc(O)c2)nc2ncccn12. The minimum atomic E-state index is -0.598. The quantitative estimate of drug-likeness (QED) is 0.718. The Morgan fingerprint density at radius 1 is 1.32 bits per heavy atom. The fourth-order valence-corrected chi connectivity index (χ4v) is 1.98. The van der Waals surface area contributed by atoms with Gasteiger partial charge in [0.1, 0.15) is 17.1 Å². The minimum absolute atomic E-state index is 0.0953. The van der Waals surface area contributed by atoms with Gasteiger partial charge in [0.05, 0.1) is 0 Å². The first-order chi connectivity index (χ1) is 9.16. The molecule has 3 aromatic rings. The van der Waals surface area contributed by atoms with Crippen LogP contribution in [0, 0.1) is 0 Å². The van der Waals surface area contributed by atoms with Crippen molar-refractivity contribution < 1.29 is 9.90 Å². The standard InChI is InChI=1S/C13H10N4O2/c14-12(19)11-10(8-3-1-4-9(18)7-8)16-13-15-5-2-6-17(11)13/h1-7,18H,(H2,14,19). The van der Waals surface area contributed by atoms with Gasteiger partial charge in [-0.1, -0.05) is 12.1 Å². The number of imidazole rings is 1. The second-order valence-corrected chi connectivity index (χ2v) is 4.01. The lowest BCUT2D eigenvalue weighted by Crippen LogP contribution is -2.15. The summed E-state index contributed by atoms with van der Waals surface area (Å²) in [4.78, 5) is 20.0. The number of aromatic nitrogens is 3. The molecule has 94 valence electrons. The number of hydrogen-bond donors (Lipinski definition) is 2. The molecule has 6 heteroatoms. The van der Waals surface area contributed by atoms with E-state index in [1.807, 2.05) is 0 Å². The minimum Gasteiger partial charge on any atom is -0.508 e. The maximum Gasteiger partial charge on any atom is 0.268 e. The fraction of sp³-hybridized carbons (Fsp3) is 0. The zero-order chi connectivity index (χ0) is 13.4. The summed E-state index contributed by atoms with van der Waals surface area (Å²) in [6.45, 7) is 0. The van der Waals surface area contributed by atoms with Crippen LogP contribution in [0.2, 0.25) is 0 Å². The highest BCUT2D eigenvalue weighted by Crippen LogP contribution is 2.26. The zero-order valence-corrected chi connectivity index (χ0v) is 9.82. The van der Waals surface area contributed by atoms with Gasteiger partial charge < -0.3 is 10.8 Å². The van der Waals surface area contributed by atoms with Crippen LogP contribution in [-0.4, -0.2) is 25.4 Å². The molecule has 2 aromatic heterocycles. The van der Waals surface area contributed by atoms with Crippen molar-refractivity contribution in [2.45, 2.75) is 0 Å². The van der Waals surface area contributed by atoms with Crippen LogP contribution in [-0.2, 0) is 0 Å². The second kappa shape index (κ2) is 4.09. The molecule has 6 nitrogen and oxygen atoms in total. The number of fused-ring (bicyclic) bond motifs is 1. The van der Waals surface area contributed by atoms with Gasteiger partial charge in [-0.25, -0.2) is 9.97 Å². The summed E-state index contributed by atoms with van der Waals surface area (Å²) in [6.07, 6.45) is 3.25. The Morgan fingerprint density at radius 2 is 2.16 bits per heavy atom. The Balaban J connectivity index is 2.34. The van der Waals surface area contributed by atoms with E-state index in [1.165, 1.54) is 10.5 Å². The van der Waals surface area contributed by atoms with Crippen LogP contribution in [0.25, 0.3) is 17.0 Å². The smallest absolute Gasteiger partial charge is 0.268 e. The van der Waals surface area contributed by atoms with E-state index in [0.717, 1.165) is 0 Å². The topological polar surface area (TPSA) is 93.5 Å². The molecule has 0 atom stereocenters. The monoisotopic (exact) mass is 254 g/mol. The Hall–Kier alpha value is -2.89. The summed E-state index contributed by atoms with van der Waals surface area (Å²) >= 11 is 0. The molecule has 0 aliphatic heterocycles. The number of nitrogens with zero attached hydrogens (tertiary/aromatic N) is 3. The lowest BCUT2D eigenvalue weighted by Gasteiger charge is -2.01. The number of carbonyl (C=O) groups excluding carboxylic acids is 1. The Labute approximate surface area is 108 Å². The molecule has 0 spiro atoms. The third-order valence-corrected chi connectivity index (χ3v) is 2.76. The largest absolute Gasteiger partial charge is 0.508 e. The first-order valence-electron chi connectivity index (χ1n) is 5.59. The van der Waals surface area contributed by atoms with Crippen molar-refractivity contribution >= 4 is 11.7 Å². The van der Waals surface area contributed by atoms with Crippen LogP contribution in [0.1, 0.15) is 10.5 Å². The molecule has 1 aromatic carbocycles. The van der Waals surface area contributed by atoms with Crippen molar-refractivity contribution in [3.63, 3.8) is 0 Å². The van der Waals surface area contributed by atoms with Gasteiger partial charge in [0, 0.05) is 18.0 Å². The van der Waals surface area contributed by atoms with Crippen LogP contribution in [0.3, 0.4) is 0 Å². The van der Waals surface area contributed by atoms with E-state index in [-0.39, 0.29) is 11.4 Å². The van der Waals surface area contributed by atoms with Crippen molar-refractivity contribution in [3.05, 3.63) is 48.4 Å². The molecule has 0 saturated carbocycles. The summed E-state index contributed by atoms with van der Waals surface area (Å²) in [6, 6.07) is 8.17. The average molecular weight is 254 g/mol. The van der Waals surface area contributed by atoms with Crippen molar-refractivity contribution in [1.82, 2.24) is 14.4 Å². The van der Waals surface area contributed by atoms with Crippen molar-refractivity contribution in [1.29, 1.82) is 0 Å². The molecule has 0 fully saturated rings. The molecule has 0 radical (unpaired) electrons. The predicted molar refractivity (Wildman–Crippen MR) is 68.6 cm³/mol. The van der Waals surface area contributed by atoms with Crippen LogP contribution >= 0.6 is 0 Å². The van der Waals surface area contributed by atoms with Crippen LogP contribution < -0.4 is 5.73 Å². The third kappa shape index (κ3) is 1.79. The van der Waals surface area contributed by atoms with E-state index in [9.17, 15) is 9.90 Å². The molecular formula is C13H10N4O2. The van der Waals surface area contributed by atoms with E-state index in [2.05, 4.69) is 9.97 Å². The second-order valence-electron chi connectivity index (χ2n) is 4.01. The first-order valence-corrected chi connectivity index (χ1v) is 5.59. The number of phenols is 1. The van der Waals surface area contributed by atoms with E-state index in [1.54, 1.807) is 36.7 Å². The van der Waals surface area contributed by atoms with Crippen LogP contribution in [0.5, 0.6) is 5.75 Å². The number of hydrogen-bond acceptors (Lipinski definition) is 4. The summed E-state index contributed by atoms with van der Waals surface area (Å²) in [7, 11) is 0. The van der Waals surface area contributed by atoms with Gasteiger partial charge in [0.2, 0.25) is 5.78 Å². The summed E-state index contributed by atoms with van der Waals surface area (Å²) in [5.41, 5.74) is 6.67. The molecule has 3 rings (SSSR count). The van der Waals surface area contributed by atoms with E-state index in [0.29, 0.717) is 17.0 Å². The normalized spacial score (nSPS) is 10.7. The van der Waals surface area contributed by atoms with Gasteiger partial charge in [0.15, 0.2) is 0 Å². The molecule has 3 N–H and O–H groups in total. The highest BCUT2D eigenvalue weighted by Gasteiger charge is 2.18. The lowest BCUT2D eigenvalue weighted by molar-refractivity contribution is 0.0995. The number of aromatic hydroxyl groups is 1. The molecule has 0 aliphatic rings. The van der Waals surface area contributed by atoms with Crippen molar-refractivity contribution in [2.75, 3.05) is 0 Å². The van der Waals surface area contributed by atoms with E-state index >= 15 is 0 Å². The number of amides is 1. The Kier molecular flexibility index (Phi) is 2.42. The van der Waals surface area contributed by atoms with Crippen molar-refractivity contribution in [3.8, 4) is 17.0 Å². The van der Waals surface area contributed by atoms with Crippen LogP contribution in [0.15, 0.2) is 42.7 Å². The maximum absolute atomic E-state index is 11.6. The van der Waals surface area contributed by atoms with Gasteiger partial charge in [0.25, 0.3) is 5.91 Å². The van der Waals surface area contributed by atoms with Gasteiger partial charge >= 0.3 is 0 Å². The predicted octanol–water partition coefficient (Wildman–Crippen LogP) is 1.20. The molecule has 0 saturated heterocycles. The Bertz CT molecular complexity index is 779. The van der Waals surface area contributed by atoms with Gasteiger partial charge in [-0.05, 0) is 18.2 Å². The highest BCUT2D eigenvalue weighted by molar-refractivity contribution is 5.98. The van der Waals surface area contributed by atoms with Gasteiger partial charge in [-0.2, -0.15) is 0 Å². The van der Waals surface area contributed by atoms with E-state index < -0.39 is 5.91 Å². The van der Waals surface area contributed by atoms with Crippen molar-refractivity contribution in [2.24, 2.45) is 5.73 Å². The third-order valence-electron chi connectivity index (χ3n) is 2.76. The van der Waals surface area contributed by atoms with Crippen LogP contribution in [0.4, 0.5) is 0 Å². The number of carbonyl (C=O) groups is 1. The lowest BCUT2D eigenvalue weighted by atomic mass is 10.1. The molecule has 0 bridgehead atoms. The summed E-state index contributed by atoms with van der Waals surface area (Å²) in [5.74, 6) is -0.119. The molecule has 1 amide bonds. The fourth-order valence-electron chi connectivity index (χ4n) is 1.98. The molecular weight excluding hydrogens is 244 g/mol. The number of benzene rings is 1. The number of nitrogens with two attached hydrogens (primary N) is 1. The number of rotatable bonds is 2.